The summed E-state index contributed by atoms with van der Waals surface area (Å²) < 4.78 is 1.44. The van der Waals surface area contributed by atoms with Crippen molar-refractivity contribution in [3.05, 3.63) is 83.9 Å². The number of allylic oxidation sites excluding steroid dienone is 1. The van der Waals surface area contributed by atoms with Crippen molar-refractivity contribution in [1.82, 2.24) is 20.1 Å². The van der Waals surface area contributed by atoms with E-state index >= 15 is 0 Å². The molecular weight excluding hydrogens is 389 g/mol. The number of aryl methyl sites for hydroxylation is 1. The molecule has 0 fully saturated rings. The van der Waals surface area contributed by atoms with Gasteiger partial charge in [-0.15, -0.1) is 0 Å². The van der Waals surface area contributed by atoms with Crippen LogP contribution in [-0.4, -0.2) is 44.4 Å². The number of nitrogens with zero attached hydrogens (tertiary/aromatic N) is 4. The van der Waals surface area contributed by atoms with Gasteiger partial charge in [0.05, 0.1) is 0 Å². The zero-order valence-corrected chi connectivity index (χ0v) is 17.3. The second-order valence-corrected chi connectivity index (χ2v) is 7.35. The number of rotatable bonds is 11. The molecule has 0 bridgehead atoms. The van der Waals surface area contributed by atoms with E-state index in [-0.39, 0.29) is 0 Å². The Bertz CT molecular complexity index is 1000. The molecule has 0 aliphatic rings. The quantitative estimate of drug-likeness (QED) is 0.252. The Morgan fingerprint density at radius 1 is 1.13 bits per heavy atom. The second-order valence-electron chi connectivity index (χ2n) is 7.35. The van der Waals surface area contributed by atoms with Crippen molar-refractivity contribution < 1.29 is 10.0 Å². The molecule has 8 heteroatoms. The van der Waals surface area contributed by atoms with Crippen molar-refractivity contribution in [2.24, 2.45) is 0 Å². The molecule has 3 rings (SSSR count). The molecule has 1 heterocycles. The van der Waals surface area contributed by atoms with Crippen molar-refractivity contribution in [2.75, 3.05) is 6.54 Å². The van der Waals surface area contributed by atoms with Crippen LogP contribution in [0.3, 0.4) is 0 Å². The average molecular weight is 415 g/mol. The molecule has 0 spiro atoms. The van der Waals surface area contributed by atoms with E-state index in [1.807, 2.05) is 42.5 Å². The maximum Gasteiger partial charge on any atom is 0.469 e. The highest BCUT2D eigenvalue weighted by molar-refractivity contribution is 6.43. The van der Waals surface area contributed by atoms with Gasteiger partial charge in [0, 0.05) is 5.94 Å². The lowest BCUT2D eigenvalue weighted by Crippen LogP contribution is -2.45. The Kier molecular flexibility index (Phi) is 8.55. The third-order valence-corrected chi connectivity index (χ3v) is 4.99. The number of hydrogen-bond acceptors (Lipinski definition) is 6. The fraction of sp³-hybridized carbons (Fsp3) is 0.261. The van der Waals surface area contributed by atoms with Crippen molar-refractivity contribution in [1.29, 1.82) is 5.26 Å². The molecule has 158 valence electrons. The number of nitriles is 1. The molecule has 0 amide bonds. The van der Waals surface area contributed by atoms with Gasteiger partial charge >= 0.3 is 7.12 Å². The average Bonchev–Trinajstić information content (AvgIpc) is 3.32. The predicted molar refractivity (Wildman–Crippen MR) is 121 cm³/mol. The molecule has 1 aromatic heterocycles. The van der Waals surface area contributed by atoms with Crippen LogP contribution in [-0.2, 0) is 12.8 Å². The molecule has 3 aromatic rings. The summed E-state index contributed by atoms with van der Waals surface area (Å²) in [4.78, 5) is 3.88. The van der Waals surface area contributed by atoms with E-state index in [4.69, 9.17) is 0 Å². The van der Waals surface area contributed by atoms with Gasteiger partial charge in [-0.2, -0.15) is 10.4 Å². The summed E-state index contributed by atoms with van der Waals surface area (Å²) in [5.41, 5.74) is 3.60. The van der Waals surface area contributed by atoms with Gasteiger partial charge in [-0.05, 0) is 55.0 Å². The van der Waals surface area contributed by atoms with Crippen LogP contribution in [0.25, 0.3) is 11.8 Å². The van der Waals surface area contributed by atoms with Gasteiger partial charge in [-0.25, -0.2) is 9.67 Å². The number of hydrogen-bond donors (Lipinski definition) is 3. The molecule has 0 aliphatic carbocycles. The molecule has 1 atom stereocenters. The molecule has 3 N–H and O–H groups in total. The van der Waals surface area contributed by atoms with Gasteiger partial charge in [0.1, 0.15) is 24.4 Å². The van der Waals surface area contributed by atoms with Gasteiger partial charge in [-0.3, -0.25) is 0 Å². The third kappa shape index (κ3) is 7.19. The van der Waals surface area contributed by atoms with Crippen LogP contribution in [0.4, 0.5) is 0 Å². The minimum absolute atomic E-state index is 0.392. The van der Waals surface area contributed by atoms with Crippen LogP contribution in [0.2, 0.25) is 0 Å². The lowest BCUT2D eigenvalue weighted by Gasteiger charge is -2.18. The highest BCUT2D eigenvalue weighted by Gasteiger charge is 2.22. The van der Waals surface area contributed by atoms with Gasteiger partial charge in [0.2, 0.25) is 0 Å². The van der Waals surface area contributed by atoms with Crippen LogP contribution >= 0.6 is 0 Å². The Morgan fingerprint density at radius 3 is 2.65 bits per heavy atom. The summed E-state index contributed by atoms with van der Waals surface area (Å²) in [5, 5.41) is 35.9. The molecule has 7 nitrogen and oxygen atoms in total. The summed E-state index contributed by atoms with van der Waals surface area (Å²) in [6.45, 7) is 0.708. The molecular formula is C23H26BN5O2. The van der Waals surface area contributed by atoms with Gasteiger partial charge in [0.15, 0.2) is 0 Å². The van der Waals surface area contributed by atoms with Crippen LogP contribution in [0.15, 0.2) is 67.3 Å². The molecule has 0 radical (unpaired) electrons. The molecule has 2 aromatic carbocycles. The summed E-state index contributed by atoms with van der Waals surface area (Å²) >= 11 is 0. The Morgan fingerprint density at radius 2 is 1.94 bits per heavy atom. The maximum atomic E-state index is 9.65. The molecule has 31 heavy (non-hydrogen) atoms. The standard InChI is InChI=1S/C23H26BN5O2/c25-16-22(29-18-26-17-28-29)14-21-11-6-10-19(13-21)9-4-5-12-27-23(24(30)31)15-20-7-2-1-3-8-20/h1-3,6-8,10-11,13-14,17-18,23,27,30-31H,4-5,9,12,15H2/t23-/m0/s1. The van der Waals surface area contributed by atoms with Crippen molar-refractivity contribution in [3.63, 3.8) is 0 Å². The van der Waals surface area contributed by atoms with Gasteiger partial charge in [0.25, 0.3) is 0 Å². The van der Waals surface area contributed by atoms with E-state index < -0.39 is 13.1 Å². The van der Waals surface area contributed by atoms with Crippen molar-refractivity contribution in [3.8, 4) is 6.07 Å². The first-order valence-corrected chi connectivity index (χ1v) is 10.3. The van der Waals surface area contributed by atoms with Gasteiger partial charge in [-0.1, -0.05) is 54.6 Å². The fourth-order valence-electron chi connectivity index (χ4n) is 3.37. The first kappa shape index (κ1) is 22.4. The summed E-state index contributed by atoms with van der Waals surface area (Å²) in [6, 6.07) is 20.0. The van der Waals surface area contributed by atoms with E-state index in [1.165, 1.54) is 22.9 Å². The molecule has 0 unspecified atom stereocenters. The second kappa shape index (κ2) is 11.8. The SMILES string of the molecule is N#CC(=Cc1cccc(CCCCN[C@@H](Cc2ccccc2)B(O)O)c1)n1cncn1. The maximum absolute atomic E-state index is 9.65. The molecule has 0 saturated carbocycles. The zero-order valence-electron chi connectivity index (χ0n) is 17.3. The van der Waals surface area contributed by atoms with Crippen LogP contribution < -0.4 is 5.32 Å². The number of aromatic nitrogens is 3. The topological polar surface area (TPSA) is 107 Å². The molecule has 0 aliphatic heterocycles. The number of benzene rings is 2. The number of unbranched alkanes of at least 4 members (excludes halogenated alkanes) is 1. The Balaban J connectivity index is 1.47. The van der Waals surface area contributed by atoms with Crippen molar-refractivity contribution in [2.45, 2.75) is 31.6 Å². The highest BCUT2D eigenvalue weighted by atomic mass is 16.4. The lowest BCUT2D eigenvalue weighted by atomic mass is 9.76. The highest BCUT2D eigenvalue weighted by Crippen LogP contribution is 2.14. The summed E-state index contributed by atoms with van der Waals surface area (Å²) in [6.07, 6.45) is 8.04. The van der Waals surface area contributed by atoms with E-state index in [0.29, 0.717) is 18.7 Å². The minimum atomic E-state index is -1.40. The predicted octanol–water partition coefficient (Wildman–Crippen LogP) is 2.34. The van der Waals surface area contributed by atoms with Crippen molar-refractivity contribution >= 4 is 18.9 Å². The molecule has 0 saturated heterocycles. The van der Waals surface area contributed by atoms with E-state index in [1.54, 1.807) is 6.08 Å². The van der Waals surface area contributed by atoms with Crippen LogP contribution in [0.1, 0.15) is 29.5 Å². The lowest BCUT2D eigenvalue weighted by molar-refractivity contribution is 0.367. The first-order valence-electron chi connectivity index (χ1n) is 10.3. The van der Waals surface area contributed by atoms with Crippen LogP contribution in [0, 0.1) is 11.3 Å². The minimum Gasteiger partial charge on any atom is -0.426 e. The third-order valence-electron chi connectivity index (χ3n) is 4.99. The smallest absolute Gasteiger partial charge is 0.426 e. The van der Waals surface area contributed by atoms with E-state index in [2.05, 4.69) is 33.6 Å². The van der Waals surface area contributed by atoms with Crippen LogP contribution in [0.5, 0.6) is 0 Å². The van der Waals surface area contributed by atoms with E-state index in [9.17, 15) is 15.3 Å². The fourth-order valence-corrected chi connectivity index (χ4v) is 3.37. The Labute approximate surface area is 182 Å². The van der Waals surface area contributed by atoms with E-state index in [0.717, 1.165) is 30.4 Å². The largest absolute Gasteiger partial charge is 0.469 e. The summed E-state index contributed by atoms with van der Waals surface area (Å²) in [5.74, 6) is -0.392. The first-order chi connectivity index (χ1) is 15.2. The number of nitrogens with one attached hydrogen (secondary N) is 1. The van der Waals surface area contributed by atoms with Gasteiger partial charge < -0.3 is 15.4 Å². The zero-order chi connectivity index (χ0) is 21.9. The normalized spacial score (nSPS) is 12.4. The summed E-state index contributed by atoms with van der Waals surface area (Å²) in [7, 11) is -1.40. The Hall–Kier alpha value is -3.25. The monoisotopic (exact) mass is 415 g/mol.